The molecule has 2 amide bonds. The van der Waals surface area contributed by atoms with E-state index in [1.165, 1.54) is 24.0 Å². The number of amides is 2. The van der Waals surface area contributed by atoms with Crippen LogP contribution < -0.4 is 5.32 Å². The first-order valence-electron chi connectivity index (χ1n) is 8.43. The van der Waals surface area contributed by atoms with Crippen molar-refractivity contribution in [2.24, 2.45) is 0 Å². The van der Waals surface area contributed by atoms with Gasteiger partial charge in [0.2, 0.25) is 0 Å². The molecule has 4 rings (SSSR count). The van der Waals surface area contributed by atoms with Gasteiger partial charge in [0.1, 0.15) is 0 Å². The third-order valence-corrected chi connectivity index (χ3v) is 5.28. The number of urea groups is 1. The number of hydrogen-bond donors (Lipinski definition) is 1. The van der Waals surface area contributed by atoms with Crippen molar-refractivity contribution < 1.29 is 4.79 Å². The van der Waals surface area contributed by atoms with Crippen molar-refractivity contribution in [3.05, 3.63) is 71.8 Å². The molecule has 1 atom stereocenters. The Morgan fingerprint density at radius 2 is 1.70 bits per heavy atom. The largest absolute Gasteiger partial charge is 0.337 e. The lowest BCUT2D eigenvalue weighted by Crippen LogP contribution is -2.51. The second-order valence-electron chi connectivity index (χ2n) is 6.71. The van der Waals surface area contributed by atoms with E-state index in [1.807, 2.05) is 29.2 Å². The van der Waals surface area contributed by atoms with E-state index in [1.54, 1.807) is 0 Å². The number of carbonyl (C=O) groups is 1. The Hall–Kier alpha value is -2.29. The molecule has 2 aromatic rings. The molecule has 1 N–H and O–H groups in total. The van der Waals surface area contributed by atoms with Gasteiger partial charge in [-0.3, -0.25) is 0 Å². The van der Waals surface area contributed by atoms with Crippen molar-refractivity contribution in [1.29, 1.82) is 0 Å². The van der Waals surface area contributed by atoms with Gasteiger partial charge in [-0.15, -0.1) is 0 Å². The molecular formula is C20H22N2O. The molecule has 2 fully saturated rings. The van der Waals surface area contributed by atoms with E-state index >= 15 is 0 Å². The molecule has 3 heteroatoms. The van der Waals surface area contributed by atoms with Gasteiger partial charge in [0.15, 0.2) is 0 Å². The van der Waals surface area contributed by atoms with Crippen LogP contribution >= 0.6 is 0 Å². The van der Waals surface area contributed by atoms with Crippen LogP contribution in [0.3, 0.4) is 0 Å². The van der Waals surface area contributed by atoms with Crippen molar-refractivity contribution in [3.8, 4) is 0 Å². The molecule has 2 aliphatic rings. The standard InChI is InChI=1S/C20H22N2O/c23-19(22-14-11-18(22)16-7-3-1-4-8-16)21-15-20(12-13-20)17-9-5-2-6-10-17/h1-10,18H,11-15H2,(H,21,23). The fourth-order valence-electron chi connectivity index (χ4n) is 3.51. The first kappa shape index (κ1) is 14.3. The summed E-state index contributed by atoms with van der Waals surface area (Å²) in [5.74, 6) is 0. The topological polar surface area (TPSA) is 32.3 Å². The quantitative estimate of drug-likeness (QED) is 0.913. The zero-order valence-electron chi connectivity index (χ0n) is 13.2. The fourth-order valence-corrected chi connectivity index (χ4v) is 3.51. The highest BCUT2D eigenvalue weighted by atomic mass is 16.2. The van der Waals surface area contributed by atoms with Crippen LogP contribution in [0.15, 0.2) is 60.7 Å². The van der Waals surface area contributed by atoms with Crippen LogP contribution in [0.25, 0.3) is 0 Å². The highest BCUT2D eigenvalue weighted by molar-refractivity contribution is 5.76. The number of rotatable bonds is 4. The van der Waals surface area contributed by atoms with Crippen LogP contribution in [-0.2, 0) is 5.41 Å². The van der Waals surface area contributed by atoms with Crippen LogP contribution in [0, 0.1) is 0 Å². The number of carbonyl (C=O) groups excluding carboxylic acids is 1. The molecule has 1 saturated heterocycles. The summed E-state index contributed by atoms with van der Waals surface area (Å²) in [4.78, 5) is 14.5. The Morgan fingerprint density at radius 1 is 1.04 bits per heavy atom. The SMILES string of the molecule is O=C(NCC1(c2ccccc2)CC1)N1CCC1c1ccccc1. The number of hydrogen-bond acceptors (Lipinski definition) is 1. The van der Waals surface area contributed by atoms with Gasteiger partial charge in [-0.2, -0.15) is 0 Å². The van der Waals surface area contributed by atoms with E-state index < -0.39 is 0 Å². The Kier molecular flexibility index (Phi) is 3.56. The molecule has 1 aliphatic heterocycles. The summed E-state index contributed by atoms with van der Waals surface area (Å²) >= 11 is 0. The maximum absolute atomic E-state index is 12.5. The summed E-state index contributed by atoms with van der Waals surface area (Å²) in [6.07, 6.45) is 3.39. The van der Waals surface area contributed by atoms with E-state index in [0.717, 1.165) is 19.5 Å². The summed E-state index contributed by atoms with van der Waals surface area (Å²) in [6, 6.07) is 21.2. The highest BCUT2D eigenvalue weighted by Crippen LogP contribution is 2.47. The lowest BCUT2D eigenvalue weighted by Gasteiger charge is -2.41. The van der Waals surface area contributed by atoms with Gasteiger partial charge < -0.3 is 10.2 Å². The molecule has 23 heavy (non-hydrogen) atoms. The predicted molar refractivity (Wildman–Crippen MR) is 91.3 cm³/mol. The van der Waals surface area contributed by atoms with Crippen molar-refractivity contribution in [3.63, 3.8) is 0 Å². The predicted octanol–water partition coefficient (Wildman–Crippen LogP) is 3.87. The molecule has 1 heterocycles. The first-order chi connectivity index (χ1) is 11.3. The van der Waals surface area contributed by atoms with Crippen molar-refractivity contribution in [2.45, 2.75) is 30.7 Å². The first-order valence-corrected chi connectivity index (χ1v) is 8.43. The molecule has 2 aromatic carbocycles. The molecule has 0 bridgehead atoms. The Morgan fingerprint density at radius 3 is 2.26 bits per heavy atom. The normalized spacial score (nSPS) is 21.4. The van der Waals surface area contributed by atoms with E-state index in [-0.39, 0.29) is 17.5 Å². The van der Waals surface area contributed by atoms with Crippen LogP contribution in [0.1, 0.15) is 36.4 Å². The smallest absolute Gasteiger partial charge is 0.317 e. The van der Waals surface area contributed by atoms with Gasteiger partial charge in [-0.05, 0) is 30.4 Å². The molecule has 3 nitrogen and oxygen atoms in total. The van der Waals surface area contributed by atoms with Gasteiger partial charge in [-0.25, -0.2) is 4.79 Å². The molecule has 1 saturated carbocycles. The molecule has 1 aliphatic carbocycles. The molecule has 0 spiro atoms. The van der Waals surface area contributed by atoms with Gasteiger partial charge in [0.25, 0.3) is 0 Å². The zero-order valence-corrected chi connectivity index (χ0v) is 13.2. The van der Waals surface area contributed by atoms with Crippen molar-refractivity contribution in [1.82, 2.24) is 10.2 Å². The average molecular weight is 306 g/mol. The monoisotopic (exact) mass is 306 g/mol. The lowest BCUT2D eigenvalue weighted by molar-refractivity contribution is 0.115. The third kappa shape index (κ3) is 2.72. The van der Waals surface area contributed by atoms with E-state index in [0.29, 0.717) is 0 Å². The number of benzene rings is 2. The van der Waals surface area contributed by atoms with E-state index in [9.17, 15) is 4.79 Å². The van der Waals surface area contributed by atoms with Gasteiger partial charge in [-0.1, -0.05) is 60.7 Å². The van der Waals surface area contributed by atoms with Crippen molar-refractivity contribution >= 4 is 6.03 Å². The third-order valence-electron chi connectivity index (χ3n) is 5.28. The fraction of sp³-hybridized carbons (Fsp3) is 0.350. The van der Waals surface area contributed by atoms with Crippen LogP contribution in [0.4, 0.5) is 4.79 Å². The highest BCUT2D eigenvalue weighted by Gasteiger charge is 2.45. The van der Waals surface area contributed by atoms with E-state index in [4.69, 9.17) is 0 Å². The Bertz CT molecular complexity index is 679. The number of nitrogens with zero attached hydrogens (tertiary/aromatic N) is 1. The molecule has 0 radical (unpaired) electrons. The molecular weight excluding hydrogens is 284 g/mol. The van der Waals surface area contributed by atoms with Crippen molar-refractivity contribution in [2.75, 3.05) is 13.1 Å². The Labute approximate surface area is 137 Å². The molecule has 0 aromatic heterocycles. The lowest BCUT2D eigenvalue weighted by atomic mass is 9.94. The van der Waals surface area contributed by atoms with E-state index in [2.05, 4.69) is 41.7 Å². The second-order valence-corrected chi connectivity index (χ2v) is 6.71. The van der Waals surface area contributed by atoms with Gasteiger partial charge in [0, 0.05) is 18.5 Å². The maximum Gasteiger partial charge on any atom is 0.317 e. The number of nitrogens with one attached hydrogen (secondary N) is 1. The minimum absolute atomic E-state index is 0.0762. The summed E-state index contributed by atoms with van der Waals surface area (Å²) in [6.45, 7) is 1.59. The zero-order chi connectivity index (χ0) is 15.7. The molecule has 1 unspecified atom stereocenters. The minimum Gasteiger partial charge on any atom is -0.337 e. The van der Waals surface area contributed by atoms with Crippen LogP contribution in [-0.4, -0.2) is 24.0 Å². The Balaban J connectivity index is 1.38. The molecule has 118 valence electrons. The average Bonchev–Trinajstić information content (AvgIpc) is 3.35. The maximum atomic E-state index is 12.5. The summed E-state index contributed by atoms with van der Waals surface area (Å²) in [7, 11) is 0. The summed E-state index contributed by atoms with van der Waals surface area (Å²) in [5.41, 5.74) is 2.76. The van der Waals surface area contributed by atoms with Gasteiger partial charge >= 0.3 is 6.03 Å². The number of likely N-dealkylation sites (tertiary alicyclic amines) is 1. The second kappa shape index (κ2) is 5.73. The minimum atomic E-state index is 0.0762. The summed E-state index contributed by atoms with van der Waals surface area (Å²) < 4.78 is 0. The van der Waals surface area contributed by atoms with Gasteiger partial charge in [0.05, 0.1) is 6.04 Å². The van der Waals surface area contributed by atoms with Crippen LogP contribution in [0.2, 0.25) is 0 Å². The van der Waals surface area contributed by atoms with Crippen LogP contribution in [0.5, 0.6) is 0 Å². The summed E-state index contributed by atoms with van der Waals surface area (Å²) in [5, 5.41) is 3.17.